The topological polar surface area (TPSA) is 96.0 Å². The normalized spacial score (nSPS) is 11.9. The summed E-state index contributed by atoms with van der Waals surface area (Å²) in [5.74, 6) is -0.370. The van der Waals surface area contributed by atoms with Crippen molar-refractivity contribution in [1.29, 1.82) is 0 Å². The lowest BCUT2D eigenvalue weighted by Crippen LogP contribution is -2.50. The summed E-state index contributed by atoms with van der Waals surface area (Å²) in [5, 5.41) is 2.56. The maximum atomic E-state index is 13.7. The number of carbonyl (C=O) groups is 2. The van der Waals surface area contributed by atoms with E-state index < -0.39 is 28.5 Å². The number of nitrogens with one attached hydrogen (secondary N) is 1. The van der Waals surface area contributed by atoms with Crippen molar-refractivity contribution in [2.24, 2.45) is 0 Å². The average Bonchev–Trinajstić information content (AvgIpc) is 2.89. The van der Waals surface area contributed by atoms with Gasteiger partial charge in [0.15, 0.2) is 0 Å². The van der Waals surface area contributed by atoms with Crippen molar-refractivity contribution in [3.63, 3.8) is 0 Å². The van der Waals surface area contributed by atoms with Crippen LogP contribution in [0.25, 0.3) is 0 Å². The third-order valence-corrected chi connectivity index (χ3v) is 7.91. The highest BCUT2D eigenvalue weighted by molar-refractivity contribution is 9.10. The van der Waals surface area contributed by atoms with Gasteiger partial charge in [-0.15, -0.1) is 0 Å². The number of ether oxygens (including phenoxy) is 1. The Labute approximate surface area is 220 Å². The molecule has 3 aromatic rings. The first-order chi connectivity index (χ1) is 17.2. The van der Waals surface area contributed by atoms with Gasteiger partial charge < -0.3 is 15.0 Å². The van der Waals surface area contributed by atoms with Crippen LogP contribution in [0.15, 0.2) is 88.2 Å². The third-order valence-electron chi connectivity index (χ3n) is 5.63. The van der Waals surface area contributed by atoms with Crippen molar-refractivity contribution in [2.45, 2.75) is 24.4 Å². The van der Waals surface area contributed by atoms with Gasteiger partial charge in [-0.3, -0.25) is 13.9 Å². The van der Waals surface area contributed by atoms with E-state index in [9.17, 15) is 18.0 Å². The molecule has 0 fully saturated rings. The van der Waals surface area contributed by atoms with Gasteiger partial charge >= 0.3 is 0 Å². The molecule has 0 saturated heterocycles. The Hall–Kier alpha value is -3.37. The van der Waals surface area contributed by atoms with E-state index in [4.69, 9.17) is 4.74 Å². The van der Waals surface area contributed by atoms with Gasteiger partial charge in [0.2, 0.25) is 11.8 Å². The van der Waals surface area contributed by atoms with Crippen LogP contribution in [0.1, 0.15) is 12.5 Å². The zero-order valence-corrected chi connectivity index (χ0v) is 22.6. The van der Waals surface area contributed by atoms with Crippen LogP contribution in [0.2, 0.25) is 0 Å². The summed E-state index contributed by atoms with van der Waals surface area (Å²) in [5.41, 5.74) is 1.12. The van der Waals surface area contributed by atoms with E-state index in [1.807, 2.05) is 24.3 Å². The minimum absolute atomic E-state index is 0.0119. The summed E-state index contributed by atoms with van der Waals surface area (Å²) in [6.45, 7) is 1.24. The van der Waals surface area contributed by atoms with E-state index in [1.165, 1.54) is 31.2 Å². The van der Waals surface area contributed by atoms with Crippen LogP contribution in [0.4, 0.5) is 5.69 Å². The van der Waals surface area contributed by atoms with Gasteiger partial charge in [0.25, 0.3) is 10.0 Å². The van der Waals surface area contributed by atoms with Crippen LogP contribution in [-0.2, 0) is 26.2 Å². The number of likely N-dealkylation sites (N-methyl/N-ethyl adjacent to an activating group) is 1. The molecule has 3 aromatic carbocycles. The summed E-state index contributed by atoms with van der Waals surface area (Å²) in [4.78, 5) is 27.5. The standard InChI is InChI=1S/C26H28BrN3O5S/c1-19(26(32)28-2)29(17-20-8-7-9-21(27)16-20)25(31)18-30(22-10-5-4-6-11-22)36(33,34)24-14-12-23(35-3)13-15-24/h4-16,19H,17-18H2,1-3H3,(H,28,32)/t19-/m1/s1. The SMILES string of the molecule is CNC(=O)[C@@H](C)N(Cc1cccc(Br)c1)C(=O)CN(c1ccccc1)S(=O)(=O)c1ccc(OC)cc1. The molecule has 36 heavy (non-hydrogen) atoms. The number of amides is 2. The van der Waals surface area contributed by atoms with E-state index in [1.54, 1.807) is 49.4 Å². The van der Waals surface area contributed by atoms with Crippen LogP contribution >= 0.6 is 15.9 Å². The number of methoxy groups -OCH3 is 1. The predicted molar refractivity (Wildman–Crippen MR) is 142 cm³/mol. The number of rotatable bonds is 10. The quantitative estimate of drug-likeness (QED) is 0.398. The van der Waals surface area contributed by atoms with E-state index in [0.29, 0.717) is 11.4 Å². The lowest BCUT2D eigenvalue weighted by atomic mass is 10.1. The van der Waals surface area contributed by atoms with E-state index in [2.05, 4.69) is 21.2 Å². The van der Waals surface area contributed by atoms with Gasteiger partial charge in [0, 0.05) is 18.1 Å². The minimum atomic E-state index is -4.12. The first-order valence-electron chi connectivity index (χ1n) is 11.1. The zero-order valence-electron chi connectivity index (χ0n) is 20.2. The number of sulfonamides is 1. The fourth-order valence-corrected chi connectivity index (χ4v) is 5.48. The maximum absolute atomic E-state index is 13.7. The molecule has 0 aliphatic heterocycles. The van der Waals surface area contributed by atoms with Crippen molar-refractivity contribution >= 4 is 43.5 Å². The molecule has 0 aliphatic carbocycles. The first kappa shape index (κ1) is 27.2. The van der Waals surface area contributed by atoms with Crippen LogP contribution in [0, 0.1) is 0 Å². The maximum Gasteiger partial charge on any atom is 0.264 e. The minimum Gasteiger partial charge on any atom is -0.497 e. The second-order valence-electron chi connectivity index (χ2n) is 7.96. The molecule has 0 unspecified atom stereocenters. The van der Waals surface area contributed by atoms with Gasteiger partial charge in [-0.1, -0.05) is 46.3 Å². The van der Waals surface area contributed by atoms with Crippen LogP contribution in [0.3, 0.4) is 0 Å². The number of benzene rings is 3. The molecule has 0 spiro atoms. The van der Waals surface area contributed by atoms with Gasteiger partial charge in [0.05, 0.1) is 17.7 Å². The van der Waals surface area contributed by atoms with Gasteiger partial charge in [-0.2, -0.15) is 0 Å². The van der Waals surface area contributed by atoms with E-state index >= 15 is 0 Å². The highest BCUT2D eigenvalue weighted by Crippen LogP contribution is 2.26. The molecule has 8 nitrogen and oxygen atoms in total. The highest BCUT2D eigenvalue weighted by atomic mass is 79.9. The zero-order chi connectivity index (χ0) is 26.3. The molecule has 0 bridgehead atoms. The predicted octanol–water partition coefficient (Wildman–Crippen LogP) is 3.82. The Morgan fingerprint density at radius 1 is 1.00 bits per heavy atom. The first-order valence-corrected chi connectivity index (χ1v) is 13.4. The fraction of sp³-hybridized carbons (Fsp3) is 0.231. The van der Waals surface area contributed by atoms with Crippen LogP contribution in [-0.4, -0.2) is 51.9 Å². The number of nitrogens with zero attached hydrogens (tertiary/aromatic N) is 2. The number of anilines is 1. The van der Waals surface area contributed by atoms with E-state index in [0.717, 1.165) is 14.3 Å². The number of hydrogen-bond donors (Lipinski definition) is 1. The van der Waals surface area contributed by atoms with Crippen molar-refractivity contribution in [3.8, 4) is 5.75 Å². The van der Waals surface area contributed by atoms with Crippen LogP contribution < -0.4 is 14.4 Å². The number of hydrogen-bond acceptors (Lipinski definition) is 5. The van der Waals surface area contributed by atoms with Crippen molar-refractivity contribution < 1.29 is 22.7 Å². The molecule has 1 N–H and O–H groups in total. The van der Waals surface area contributed by atoms with Crippen LogP contribution in [0.5, 0.6) is 5.75 Å². The lowest BCUT2D eigenvalue weighted by molar-refractivity contribution is -0.139. The molecule has 0 aliphatic rings. The smallest absolute Gasteiger partial charge is 0.264 e. The molecular weight excluding hydrogens is 546 g/mol. The molecule has 190 valence electrons. The summed E-state index contributed by atoms with van der Waals surface area (Å²) >= 11 is 3.42. The van der Waals surface area contributed by atoms with Gasteiger partial charge in [-0.05, 0) is 61.0 Å². The van der Waals surface area contributed by atoms with E-state index in [-0.39, 0.29) is 17.3 Å². The Kier molecular flexibility index (Phi) is 9.11. The van der Waals surface area contributed by atoms with Crippen molar-refractivity contribution in [1.82, 2.24) is 10.2 Å². The monoisotopic (exact) mass is 573 g/mol. The molecule has 3 rings (SSSR count). The lowest BCUT2D eigenvalue weighted by Gasteiger charge is -2.31. The molecule has 1 atom stereocenters. The summed E-state index contributed by atoms with van der Waals surface area (Å²) in [7, 11) is -1.13. The summed E-state index contributed by atoms with van der Waals surface area (Å²) in [6, 6.07) is 20.9. The fourth-order valence-electron chi connectivity index (χ4n) is 3.62. The third kappa shape index (κ3) is 6.44. The number of halogens is 1. The van der Waals surface area contributed by atoms with Gasteiger partial charge in [0.1, 0.15) is 18.3 Å². The molecular formula is C26H28BrN3O5S. The highest BCUT2D eigenvalue weighted by Gasteiger charge is 2.32. The summed E-state index contributed by atoms with van der Waals surface area (Å²) < 4.78 is 34.4. The Morgan fingerprint density at radius 2 is 1.67 bits per heavy atom. The number of para-hydroxylation sites is 1. The average molecular weight is 574 g/mol. The van der Waals surface area contributed by atoms with Crippen molar-refractivity contribution in [3.05, 3.63) is 88.9 Å². The number of carbonyl (C=O) groups excluding carboxylic acids is 2. The molecule has 0 aromatic heterocycles. The Balaban J connectivity index is 2.00. The van der Waals surface area contributed by atoms with Crippen molar-refractivity contribution in [2.75, 3.05) is 25.0 Å². The molecule has 0 radical (unpaired) electrons. The second-order valence-corrected chi connectivity index (χ2v) is 10.7. The van der Waals surface area contributed by atoms with Gasteiger partial charge in [-0.25, -0.2) is 8.42 Å². The molecule has 0 saturated carbocycles. The molecule has 10 heteroatoms. The Morgan fingerprint density at radius 3 is 2.25 bits per heavy atom. The summed E-state index contributed by atoms with van der Waals surface area (Å²) in [6.07, 6.45) is 0. The molecule has 0 heterocycles. The Bertz CT molecular complexity index is 1300. The molecule has 2 amide bonds. The second kappa shape index (κ2) is 12.0. The largest absolute Gasteiger partial charge is 0.497 e.